The van der Waals surface area contributed by atoms with Crippen LogP contribution in [-0.2, 0) is 19.4 Å². The third-order valence-corrected chi connectivity index (χ3v) is 3.56. The number of benzene rings is 1. The summed E-state index contributed by atoms with van der Waals surface area (Å²) in [6, 6.07) is 6.26. The highest BCUT2D eigenvalue weighted by Gasteiger charge is 2.11. The van der Waals surface area contributed by atoms with E-state index in [0.717, 1.165) is 12.0 Å². The fraction of sp³-hybridized carbons (Fsp3) is 0.533. The SMILES string of the molecule is C[C@H](CCO)NC(=O)NCc1ccc2c(c1)CCC2. The van der Waals surface area contributed by atoms with Crippen molar-refractivity contribution in [3.63, 3.8) is 0 Å². The van der Waals surface area contributed by atoms with Gasteiger partial charge in [-0.2, -0.15) is 0 Å². The van der Waals surface area contributed by atoms with Crippen LogP contribution in [0.15, 0.2) is 18.2 Å². The van der Waals surface area contributed by atoms with Crippen molar-refractivity contribution in [1.29, 1.82) is 0 Å². The van der Waals surface area contributed by atoms with E-state index in [2.05, 4.69) is 28.8 Å². The first-order valence-corrected chi connectivity index (χ1v) is 6.95. The molecule has 0 heterocycles. The number of carbonyl (C=O) groups is 1. The summed E-state index contributed by atoms with van der Waals surface area (Å²) in [7, 11) is 0. The summed E-state index contributed by atoms with van der Waals surface area (Å²) in [4.78, 5) is 11.6. The number of rotatable bonds is 5. The van der Waals surface area contributed by atoms with Gasteiger partial charge in [-0.25, -0.2) is 4.79 Å². The molecule has 1 aliphatic carbocycles. The molecule has 0 radical (unpaired) electrons. The highest BCUT2D eigenvalue weighted by Crippen LogP contribution is 2.22. The van der Waals surface area contributed by atoms with Crippen LogP contribution in [0.25, 0.3) is 0 Å². The van der Waals surface area contributed by atoms with E-state index in [1.165, 1.54) is 24.0 Å². The van der Waals surface area contributed by atoms with Gasteiger partial charge in [0.2, 0.25) is 0 Å². The third-order valence-electron chi connectivity index (χ3n) is 3.56. The van der Waals surface area contributed by atoms with Crippen LogP contribution in [0.4, 0.5) is 4.79 Å². The zero-order valence-corrected chi connectivity index (χ0v) is 11.4. The number of hydrogen-bond acceptors (Lipinski definition) is 2. The van der Waals surface area contributed by atoms with Crippen molar-refractivity contribution in [3.8, 4) is 0 Å². The van der Waals surface area contributed by atoms with E-state index in [1.807, 2.05) is 6.92 Å². The summed E-state index contributed by atoms with van der Waals surface area (Å²) in [5.74, 6) is 0. The quantitative estimate of drug-likeness (QED) is 0.757. The van der Waals surface area contributed by atoms with E-state index >= 15 is 0 Å². The molecular formula is C15H22N2O2. The maximum absolute atomic E-state index is 11.6. The van der Waals surface area contributed by atoms with E-state index < -0.39 is 0 Å². The fourth-order valence-electron chi connectivity index (χ4n) is 2.46. The monoisotopic (exact) mass is 262 g/mol. The number of aryl methyl sites for hydroxylation is 2. The standard InChI is InChI=1S/C15H22N2O2/c1-11(7-8-18)17-15(19)16-10-12-5-6-13-3-2-4-14(13)9-12/h5-6,9,11,18H,2-4,7-8,10H2,1H3,(H2,16,17,19)/t11-/m1/s1. The van der Waals surface area contributed by atoms with Gasteiger partial charge in [-0.05, 0) is 49.3 Å². The van der Waals surface area contributed by atoms with Crippen LogP contribution in [0, 0.1) is 0 Å². The first-order valence-electron chi connectivity index (χ1n) is 6.95. The van der Waals surface area contributed by atoms with E-state index in [9.17, 15) is 4.79 Å². The molecule has 1 aliphatic rings. The highest BCUT2D eigenvalue weighted by molar-refractivity contribution is 5.74. The van der Waals surface area contributed by atoms with Crippen LogP contribution in [0.3, 0.4) is 0 Å². The van der Waals surface area contributed by atoms with Gasteiger partial charge in [0.25, 0.3) is 0 Å². The smallest absolute Gasteiger partial charge is 0.315 e. The minimum Gasteiger partial charge on any atom is -0.396 e. The molecule has 0 saturated carbocycles. The molecule has 0 fully saturated rings. The Bertz CT molecular complexity index is 446. The molecule has 1 aromatic rings. The Labute approximate surface area is 114 Å². The highest BCUT2D eigenvalue weighted by atomic mass is 16.3. The van der Waals surface area contributed by atoms with Gasteiger partial charge >= 0.3 is 6.03 Å². The van der Waals surface area contributed by atoms with E-state index in [1.54, 1.807) is 0 Å². The maximum Gasteiger partial charge on any atom is 0.315 e. The van der Waals surface area contributed by atoms with Crippen molar-refractivity contribution >= 4 is 6.03 Å². The first kappa shape index (κ1) is 13.9. The number of aliphatic hydroxyl groups is 1. The number of carbonyl (C=O) groups excluding carboxylic acids is 1. The van der Waals surface area contributed by atoms with Crippen LogP contribution in [0.1, 0.15) is 36.5 Å². The van der Waals surface area contributed by atoms with Crippen molar-refractivity contribution in [1.82, 2.24) is 10.6 Å². The lowest BCUT2D eigenvalue weighted by atomic mass is 10.1. The minimum atomic E-state index is -0.179. The Morgan fingerprint density at radius 1 is 1.37 bits per heavy atom. The summed E-state index contributed by atoms with van der Waals surface area (Å²) in [5, 5.41) is 14.4. The topological polar surface area (TPSA) is 61.4 Å². The second-order valence-electron chi connectivity index (χ2n) is 5.20. The Balaban J connectivity index is 1.80. The molecule has 0 saturated heterocycles. The number of urea groups is 1. The molecule has 19 heavy (non-hydrogen) atoms. The Hall–Kier alpha value is -1.55. The Morgan fingerprint density at radius 3 is 2.95 bits per heavy atom. The van der Waals surface area contributed by atoms with Gasteiger partial charge in [-0.3, -0.25) is 0 Å². The third kappa shape index (κ3) is 3.96. The molecule has 0 spiro atoms. The molecule has 104 valence electrons. The number of nitrogens with one attached hydrogen (secondary N) is 2. The van der Waals surface area contributed by atoms with Gasteiger partial charge in [0.05, 0.1) is 0 Å². The summed E-state index contributed by atoms with van der Waals surface area (Å²) < 4.78 is 0. The van der Waals surface area contributed by atoms with Crippen molar-refractivity contribution in [2.24, 2.45) is 0 Å². The van der Waals surface area contributed by atoms with E-state index in [0.29, 0.717) is 13.0 Å². The number of fused-ring (bicyclic) bond motifs is 1. The number of aliphatic hydroxyl groups excluding tert-OH is 1. The second kappa shape index (κ2) is 6.57. The average molecular weight is 262 g/mol. The van der Waals surface area contributed by atoms with E-state index in [4.69, 9.17) is 5.11 Å². The Kier molecular flexibility index (Phi) is 4.80. The predicted molar refractivity (Wildman–Crippen MR) is 75.0 cm³/mol. The lowest BCUT2D eigenvalue weighted by Gasteiger charge is -2.13. The van der Waals surface area contributed by atoms with Crippen LogP contribution in [0.5, 0.6) is 0 Å². The predicted octanol–water partition coefficient (Wildman–Crippen LogP) is 1.75. The average Bonchev–Trinajstić information content (AvgIpc) is 2.83. The van der Waals surface area contributed by atoms with E-state index in [-0.39, 0.29) is 18.7 Å². The van der Waals surface area contributed by atoms with Crippen molar-refractivity contribution in [2.45, 2.75) is 45.2 Å². The van der Waals surface area contributed by atoms with Crippen LogP contribution in [-0.4, -0.2) is 23.8 Å². The number of amides is 2. The largest absolute Gasteiger partial charge is 0.396 e. The first-order chi connectivity index (χ1) is 9.19. The molecule has 1 atom stereocenters. The zero-order chi connectivity index (χ0) is 13.7. The second-order valence-corrected chi connectivity index (χ2v) is 5.20. The molecule has 3 N–H and O–H groups in total. The molecular weight excluding hydrogens is 240 g/mol. The van der Waals surface area contributed by atoms with Gasteiger partial charge in [0, 0.05) is 19.2 Å². The van der Waals surface area contributed by atoms with Crippen molar-refractivity contribution in [2.75, 3.05) is 6.61 Å². The fourth-order valence-corrected chi connectivity index (χ4v) is 2.46. The molecule has 2 rings (SSSR count). The van der Waals surface area contributed by atoms with Gasteiger partial charge < -0.3 is 15.7 Å². The summed E-state index contributed by atoms with van der Waals surface area (Å²) in [6.07, 6.45) is 4.16. The zero-order valence-electron chi connectivity index (χ0n) is 11.4. The van der Waals surface area contributed by atoms with Gasteiger partial charge in [0.1, 0.15) is 0 Å². The lowest BCUT2D eigenvalue weighted by molar-refractivity contribution is 0.230. The molecule has 0 aliphatic heterocycles. The lowest BCUT2D eigenvalue weighted by Crippen LogP contribution is -2.40. The summed E-state index contributed by atoms with van der Waals surface area (Å²) >= 11 is 0. The molecule has 2 amide bonds. The molecule has 1 aromatic carbocycles. The van der Waals surface area contributed by atoms with Crippen LogP contribution in [0.2, 0.25) is 0 Å². The summed E-state index contributed by atoms with van der Waals surface area (Å²) in [6.45, 7) is 2.52. The molecule has 4 heteroatoms. The summed E-state index contributed by atoms with van der Waals surface area (Å²) in [5.41, 5.74) is 4.02. The van der Waals surface area contributed by atoms with Gasteiger partial charge in [-0.15, -0.1) is 0 Å². The van der Waals surface area contributed by atoms with Gasteiger partial charge in [-0.1, -0.05) is 18.2 Å². The van der Waals surface area contributed by atoms with Crippen molar-refractivity contribution in [3.05, 3.63) is 34.9 Å². The molecule has 0 unspecified atom stereocenters. The van der Waals surface area contributed by atoms with Crippen molar-refractivity contribution < 1.29 is 9.90 Å². The molecule has 0 aromatic heterocycles. The van der Waals surface area contributed by atoms with Crippen LogP contribution < -0.4 is 10.6 Å². The van der Waals surface area contributed by atoms with Gasteiger partial charge in [0.15, 0.2) is 0 Å². The normalized spacial score (nSPS) is 14.8. The minimum absolute atomic E-state index is 0.00924. The molecule has 4 nitrogen and oxygen atoms in total. The van der Waals surface area contributed by atoms with Crippen LogP contribution >= 0.6 is 0 Å². The Morgan fingerprint density at radius 2 is 2.16 bits per heavy atom. The number of hydrogen-bond donors (Lipinski definition) is 3. The maximum atomic E-state index is 11.6. The molecule has 0 bridgehead atoms.